The van der Waals surface area contributed by atoms with Crippen molar-refractivity contribution in [3.8, 4) is 0 Å². The number of halogens is 2. The molecule has 0 atom stereocenters. The lowest BCUT2D eigenvalue weighted by atomic mass is 10.2. The fourth-order valence-electron chi connectivity index (χ4n) is 1.90. The molecule has 0 bridgehead atoms. The molecule has 0 amide bonds. The topological polar surface area (TPSA) is 27.6 Å². The lowest BCUT2D eigenvalue weighted by molar-refractivity contribution is 0.476. The third kappa shape index (κ3) is 5.62. The first-order valence-electron chi connectivity index (χ1n) is 6.37. The van der Waals surface area contributed by atoms with Crippen LogP contribution in [0.5, 0.6) is 0 Å². The molecule has 0 fully saturated rings. The van der Waals surface area contributed by atoms with Gasteiger partial charge in [0.2, 0.25) is 0 Å². The first-order chi connectivity index (χ1) is 9.69. The average molecular weight is 419 g/mol. The van der Waals surface area contributed by atoms with Gasteiger partial charge in [0.05, 0.1) is 6.54 Å². The van der Waals surface area contributed by atoms with Crippen LogP contribution < -0.4 is 5.32 Å². The van der Waals surface area contributed by atoms with Gasteiger partial charge in [-0.25, -0.2) is 4.39 Å². The van der Waals surface area contributed by atoms with Crippen LogP contribution in [-0.2, 0) is 13.1 Å². The van der Waals surface area contributed by atoms with Crippen LogP contribution in [0.3, 0.4) is 0 Å². The predicted molar refractivity (Wildman–Crippen MR) is 97.8 cm³/mol. The first kappa shape index (κ1) is 17.9. The van der Waals surface area contributed by atoms with Gasteiger partial charge in [-0.15, -0.1) is 35.3 Å². The highest BCUT2D eigenvalue weighted by Gasteiger charge is 2.06. The van der Waals surface area contributed by atoms with Crippen LogP contribution in [0.2, 0.25) is 0 Å². The Morgan fingerprint density at radius 1 is 1.29 bits per heavy atom. The maximum Gasteiger partial charge on any atom is 0.193 e. The highest BCUT2D eigenvalue weighted by molar-refractivity contribution is 14.0. The van der Waals surface area contributed by atoms with Crippen LogP contribution in [0, 0.1) is 5.82 Å². The first-order valence-corrected chi connectivity index (χ1v) is 7.25. The van der Waals surface area contributed by atoms with Crippen molar-refractivity contribution in [2.45, 2.75) is 13.1 Å². The normalized spacial score (nSPS) is 10.9. The van der Waals surface area contributed by atoms with Crippen LogP contribution in [0.4, 0.5) is 4.39 Å². The molecule has 0 aliphatic heterocycles. The fraction of sp³-hybridized carbons (Fsp3) is 0.267. The smallest absolute Gasteiger partial charge is 0.193 e. The highest BCUT2D eigenvalue weighted by atomic mass is 127. The van der Waals surface area contributed by atoms with Crippen molar-refractivity contribution in [1.29, 1.82) is 0 Å². The van der Waals surface area contributed by atoms with E-state index in [0.29, 0.717) is 6.54 Å². The molecule has 0 aliphatic rings. The maximum atomic E-state index is 12.9. The van der Waals surface area contributed by atoms with Gasteiger partial charge >= 0.3 is 0 Å². The molecule has 2 aromatic rings. The van der Waals surface area contributed by atoms with E-state index >= 15 is 0 Å². The minimum atomic E-state index is -0.211. The molecule has 2 rings (SSSR count). The molecule has 0 unspecified atom stereocenters. The number of guanidine groups is 1. The molecule has 1 heterocycles. The summed E-state index contributed by atoms with van der Waals surface area (Å²) in [5, 5.41) is 5.37. The number of hydrogen-bond donors (Lipinski definition) is 1. The Morgan fingerprint density at radius 3 is 2.57 bits per heavy atom. The summed E-state index contributed by atoms with van der Waals surface area (Å²) in [5.74, 6) is 0.610. The zero-order valence-corrected chi connectivity index (χ0v) is 15.2. The predicted octanol–water partition coefficient (Wildman–Crippen LogP) is 3.71. The minimum Gasteiger partial charge on any atom is -0.351 e. The van der Waals surface area contributed by atoms with Gasteiger partial charge in [0.1, 0.15) is 5.82 Å². The van der Waals surface area contributed by atoms with Crippen molar-refractivity contribution in [3.63, 3.8) is 0 Å². The number of aliphatic imine (C=N–C) groups is 1. The Morgan fingerprint density at radius 2 is 2.00 bits per heavy atom. The standard InChI is InChI=1S/C15H18FN3S.HI/c1-17-15(18-10-14-4-3-9-20-14)19(2)11-12-5-7-13(16)8-6-12;/h3-9H,10-11H2,1-2H3,(H,17,18);1H. The number of rotatable bonds is 4. The molecule has 0 saturated heterocycles. The second-order valence-corrected chi connectivity index (χ2v) is 5.49. The van der Waals surface area contributed by atoms with Gasteiger partial charge in [0.15, 0.2) is 5.96 Å². The Balaban J connectivity index is 0.00000220. The summed E-state index contributed by atoms with van der Waals surface area (Å²) in [6.45, 7) is 1.45. The van der Waals surface area contributed by atoms with Gasteiger partial charge in [-0.2, -0.15) is 0 Å². The van der Waals surface area contributed by atoms with Crippen molar-refractivity contribution in [2.75, 3.05) is 14.1 Å². The lowest BCUT2D eigenvalue weighted by Crippen LogP contribution is -2.37. The molecule has 0 radical (unpaired) electrons. The zero-order chi connectivity index (χ0) is 14.4. The van der Waals surface area contributed by atoms with Gasteiger partial charge in [-0.1, -0.05) is 18.2 Å². The summed E-state index contributed by atoms with van der Waals surface area (Å²) in [4.78, 5) is 7.54. The summed E-state index contributed by atoms with van der Waals surface area (Å²) in [6, 6.07) is 10.7. The van der Waals surface area contributed by atoms with E-state index in [1.54, 1.807) is 30.5 Å². The van der Waals surface area contributed by atoms with Gasteiger partial charge in [0.25, 0.3) is 0 Å². The Labute approximate surface area is 145 Å². The van der Waals surface area contributed by atoms with E-state index in [2.05, 4.69) is 21.8 Å². The maximum absolute atomic E-state index is 12.9. The van der Waals surface area contributed by atoms with Gasteiger partial charge in [-0.3, -0.25) is 4.99 Å². The Bertz CT molecular complexity index is 555. The Kier molecular flexibility index (Phi) is 7.66. The third-order valence-electron chi connectivity index (χ3n) is 2.91. The molecule has 6 heteroatoms. The van der Waals surface area contributed by atoms with E-state index in [4.69, 9.17) is 0 Å². The quantitative estimate of drug-likeness (QED) is 0.465. The zero-order valence-electron chi connectivity index (χ0n) is 12.0. The molecule has 114 valence electrons. The van der Waals surface area contributed by atoms with Gasteiger partial charge < -0.3 is 10.2 Å². The average Bonchev–Trinajstić information content (AvgIpc) is 2.95. The van der Waals surface area contributed by atoms with Gasteiger partial charge in [-0.05, 0) is 29.1 Å². The molecule has 1 N–H and O–H groups in total. The third-order valence-corrected chi connectivity index (χ3v) is 3.78. The molecule has 0 aliphatic carbocycles. The van der Waals surface area contributed by atoms with E-state index < -0.39 is 0 Å². The minimum absolute atomic E-state index is 0. The summed E-state index contributed by atoms with van der Waals surface area (Å²) in [6.07, 6.45) is 0. The second kappa shape index (κ2) is 8.99. The van der Waals surface area contributed by atoms with Crippen LogP contribution in [0.25, 0.3) is 0 Å². The monoisotopic (exact) mass is 419 g/mol. The molecule has 1 aromatic heterocycles. The van der Waals surface area contributed by atoms with E-state index in [0.717, 1.165) is 18.1 Å². The molecule has 21 heavy (non-hydrogen) atoms. The molecule has 0 saturated carbocycles. The van der Waals surface area contributed by atoms with Crippen molar-refractivity contribution in [1.82, 2.24) is 10.2 Å². The molecular weight excluding hydrogens is 400 g/mol. The number of nitrogens with one attached hydrogen (secondary N) is 1. The van der Waals surface area contributed by atoms with Crippen LogP contribution in [0.1, 0.15) is 10.4 Å². The van der Waals surface area contributed by atoms with Crippen LogP contribution >= 0.6 is 35.3 Å². The van der Waals surface area contributed by atoms with Crippen molar-refractivity contribution in [2.24, 2.45) is 4.99 Å². The van der Waals surface area contributed by atoms with E-state index in [9.17, 15) is 4.39 Å². The number of nitrogens with zero attached hydrogens (tertiary/aromatic N) is 2. The SMILES string of the molecule is CN=C(NCc1cccs1)N(C)Cc1ccc(F)cc1.I. The lowest BCUT2D eigenvalue weighted by Gasteiger charge is -2.22. The van der Waals surface area contributed by atoms with E-state index in [-0.39, 0.29) is 29.8 Å². The van der Waals surface area contributed by atoms with E-state index in [1.807, 2.05) is 18.0 Å². The Hall–Kier alpha value is -1.15. The highest BCUT2D eigenvalue weighted by Crippen LogP contribution is 2.09. The van der Waals surface area contributed by atoms with Crippen LogP contribution in [-0.4, -0.2) is 25.0 Å². The molecule has 0 spiro atoms. The molecule has 1 aromatic carbocycles. The number of thiophene rings is 1. The van der Waals surface area contributed by atoms with Crippen molar-refractivity contribution in [3.05, 3.63) is 58.0 Å². The number of hydrogen-bond acceptors (Lipinski definition) is 2. The van der Waals surface area contributed by atoms with Crippen molar-refractivity contribution < 1.29 is 4.39 Å². The molecule has 3 nitrogen and oxygen atoms in total. The number of benzene rings is 1. The van der Waals surface area contributed by atoms with Gasteiger partial charge in [0, 0.05) is 25.5 Å². The largest absolute Gasteiger partial charge is 0.351 e. The summed E-state index contributed by atoms with van der Waals surface area (Å²) in [5.41, 5.74) is 1.05. The van der Waals surface area contributed by atoms with Crippen molar-refractivity contribution >= 4 is 41.3 Å². The fourth-order valence-corrected chi connectivity index (χ4v) is 2.55. The summed E-state index contributed by atoms with van der Waals surface area (Å²) >= 11 is 1.72. The second-order valence-electron chi connectivity index (χ2n) is 4.46. The summed E-state index contributed by atoms with van der Waals surface area (Å²) in [7, 11) is 3.73. The summed E-state index contributed by atoms with van der Waals surface area (Å²) < 4.78 is 12.9. The van der Waals surface area contributed by atoms with E-state index in [1.165, 1.54) is 17.0 Å². The van der Waals surface area contributed by atoms with Crippen LogP contribution in [0.15, 0.2) is 46.8 Å². The molecular formula is C15H19FIN3S.